The Bertz CT molecular complexity index is 1300. The summed E-state index contributed by atoms with van der Waals surface area (Å²) in [7, 11) is 1.63. The van der Waals surface area contributed by atoms with Crippen LogP contribution in [0.25, 0.3) is 10.1 Å². The second-order valence-corrected chi connectivity index (χ2v) is 8.83. The zero-order valence-electron chi connectivity index (χ0n) is 18.5. The molecule has 168 valence electrons. The van der Waals surface area contributed by atoms with Gasteiger partial charge in [0.05, 0.1) is 23.4 Å². The zero-order chi connectivity index (χ0) is 23.4. The minimum absolute atomic E-state index is 0.00221. The van der Waals surface area contributed by atoms with Gasteiger partial charge >= 0.3 is 0 Å². The van der Waals surface area contributed by atoms with E-state index in [1.807, 2.05) is 60.7 Å². The molecule has 0 unspecified atom stereocenters. The highest BCUT2D eigenvalue weighted by Gasteiger charge is 2.14. The normalized spacial score (nSPS) is 10.7. The Morgan fingerprint density at radius 2 is 1.67 bits per heavy atom. The molecular weight excluding hydrogens is 434 g/mol. The number of nitrogens with two attached hydrogens (primary N) is 1. The van der Waals surface area contributed by atoms with Crippen molar-refractivity contribution in [3.05, 3.63) is 88.8 Å². The average Bonchev–Trinajstić information content (AvgIpc) is 3.24. The number of hydrogen-bond acceptors (Lipinski definition) is 5. The van der Waals surface area contributed by atoms with Gasteiger partial charge in [-0.25, -0.2) is 0 Å². The van der Waals surface area contributed by atoms with E-state index >= 15 is 0 Å². The van der Waals surface area contributed by atoms with Gasteiger partial charge in [0.25, 0.3) is 5.91 Å². The van der Waals surface area contributed by atoms with Crippen LogP contribution in [0.2, 0.25) is 0 Å². The van der Waals surface area contributed by atoms with Gasteiger partial charge in [0, 0.05) is 24.7 Å². The molecule has 1 aromatic heterocycles. The molecule has 0 atom stereocenters. The monoisotopic (exact) mass is 459 g/mol. The molecular formula is C26H25N3O3S. The number of nitrogens with one attached hydrogen (secondary N) is 1. The van der Waals surface area contributed by atoms with Crippen LogP contribution in [0.5, 0.6) is 5.75 Å². The minimum atomic E-state index is -0.194. The Hall–Kier alpha value is -3.84. The van der Waals surface area contributed by atoms with E-state index in [4.69, 9.17) is 10.5 Å². The van der Waals surface area contributed by atoms with Gasteiger partial charge in [-0.15, -0.1) is 11.3 Å². The van der Waals surface area contributed by atoms with Gasteiger partial charge in [0.15, 0.2) is 0 Å². The number of ether oxygens (including phenoxy) is 1. The quantitative estimate of drug-likeness (QED) is 0.368. The van der Waals surface area contributed by atoms with Gasteiger partial charge < -0.3 is 20.7 Å². The third-order valence-electron chi connectivity index (χ3n) is 5.37. The van der Waals surface area contributed by atoms with Crippen LogP contribution in [0.4, 0.5) is 11.4 Å². The molecule has 7 heteroatoms. The lowest BCUT2D eigenvalue weighted by Crippen LogP contribution is -2.27. The first kappa shape index (κ1) is 22.4. The van der Waals surface area contributed by atoms with E-state index < -0.39 is 0 Å². The zero-order valence-corrected chi connectivity index (χ0v) is 19.3. The van der Waals surface area contributed by atoms with Crippen molar-refractivity contribution < 1.29 is 14.3 Å². The molecule has 3 N–H and O–H groups in total. The van der Waals surface area contributed by atoms with E-state index in [2.05, 4.69) is 5.32 Å². The molecule has 1 heterocycles. The number of nitrogen functional groups attached to an aromatic ring is 1. The number of amides is 2. The van der Waals surface area contributed by atoms with E-state index in [9.17, 15) is 9.59 Å². The van der Waals surface area contributed by atoms with Gasteiger partial charge in [-0.2, -0.15) is 0 Å². The molecule has 0 aliphatic carbocycles. The number of methoxy groups -OCH3 is 1. The van der Waals surface area contributed by atoms with Gasteiger partial charge in [-0.3, -0.25) is 9.59 Å². The summed E-state index contributed by atoms with van der Waals surface area (Å²) in [4.78, 5) is 27.4. The van der Waals surface area contributed by atoms with E-state index in [1.54, 1.807) is 31.1 Å². The molecule has 0 saturated carbocycles. The largest absolute Gasteiger partial charge is 0.497 e. The topological polar surface area (TPSA) is 84.7 Å². The average molecular weight is 460 g/mol. The number of carbonyl (C=O) groups excluding carboxylic acids is 2. The lowest BCUT2D eigenvalue weighted by Gasteiger charge is -2.21. The fraction of sp³-hybridized carbons (Fsp3) is 0.154. The number of thiophene rings is 1. The smallest absolute Gasteiger partial charge is 0.265 e. The Morgan fingerprint density at radius 3 is 2.36 bits per heavy atom. The summed E-state index contributed by atoms with van der Waals surface area (Å²) < 4.78 is 6.19. The molecule has 6 nitrogen and oxygen atoms in total. The van der Waals surface area contributed by atoms with Crippen LogP contribution >= 0.6 is 11.3 Å². The number of nitrogens with zero attached hydrogens (tertiary/aromatic N) is 1. The van der Waals surface area contributed by atoms with E-state index in [1.165, 1.54) is 11.3 Å². The lowest BCUT2D eigenvalue weighted by atomic mass is 10.1. The first-order valence-corrected chi connectivity index (χ1v) is 11.3. The first-order valence-electron chi connectivity index (χ1n) is 10.5. The summed E-state index contributed by atoms with van der Waals surface area (Å²) in [5, 5.41) is 3.85. The fourth-order valence-electron chi connectivity index (χ4n) is 3.53. The first-order chi connectivity index (χ1) is 15.9. The van der Waals surface area contributed by atoms with Crippen molar-refractivity contribution in [2.45, 2.75) is 20.0 Å². The predicted octanol–water partition coefficient (Wildman–Crippen LogP) is 5.29. The second kappa shape index (κ2) is 9.75. The number of rotatable bonds is 7. The number of benzene rings is 3. The summed E-state index contributed by atoms with van der Waals surface area (Å²) in [5.74, 6) is 0.587. The molecule has 0 spiro atoms. The number of para-hydroxylation sites is 2. The Labute approximate surface area is 196 Å². The number of hydrogen-bond donors (Lipinski definition) is 2. The van der Waals surface area contributed by atoms with Gasteiger partial charge in [-0.05, 0) is 52.9 Å². The van der Waals surface area contributed by atoms with Crippen LogP contribution in [0.3, 0.4) is 0 Å². The van der Waals surface area contributed by atoms with Crippen molar-refractivity contribution in [2.75, 3.05) is 18.2 Å². The van der Waals surface area contributed by atoms with Crippen molar-refractivity contribution in [3.8, 4) is 5.75 Å². The summed E-state index contributed by atoms with van der Waals surface area (Å²) in [6.45, 7) is 2.57. The molecule has 0 fully saturated rings. The molecule has 4 rings (SSSR count). The van der Waals surface area contributed by atoms with E-state index in [0.717, 1.165) is 27.0 Å². The van der Waals surface area contributed by atoms with Crippen molar-refractivity contribution in [2.24, 2.45) is 0 Å². The highest BCUT2D eigenvalue weighted by molar-refractivity contribution is 7.20. The van der Waals surface area contributed by atoms with Crippen LogP contribution in [-0.4, -0.2) is 23.8 Å². The Balaban J connectivity index is 1.50. The second-order valence-electron chi connectivity index (χ2n) is 7.75. The van der Waals surface area contributed by atoms with Crippen LogP contribution < -0.4 is 15.8 Å². The molecule has 0 bridgehead atoms. The summed E-state index contributed by atoms with van der Waals surface area (Å²) in [5.41, 5.74) is 9.09. The molecule has 2 amide bonds. The Kier molecular flexibility index (Phi) is 6.60. The van der Waals surface area contributed by atoms with Crippen molar-refractivity contribution in [1.82, 2.24) is 4.90 Å². The Morgan fingerprint density at radius 1 is 0.970 bits per heavy atom. The molecule has 0 radical (unpaired) electrons. The molecule has 0 saturated heterocycles. The molecule has 0 aliphatic rings. The van der Waals surface area contributed by atoms with Gasteiger partial charge in [0.1, 0.15) is 5.75 Å². The highest BCUT2D eigenvalue weighted by atomic mass is 32.1. The van der Waals surface area contributed by atoms with Crippen LogP contribution in [0, 0.1) is 0 Å². The van der Waals surface area contributed by atoms with Crippen molar-refractivity contribution in [3.63, 3.8) is 0 Å². The fourth-order valence-corrected chi connectivity index (χ4v) is 4.55. The SMILES string of the molecule is COc1ccc(CN(Cc2ccc3cc(C(=O)Nc4ccccc4N)sc3c2)C(C)=O)cc1. The molecule has 3 aromatic carbocycles. The van der Waals surface area contributed by atoms with Gasteiger partial charge in [-0.1, -0.05) is 36.4 Å². The number of carbonyl (C=O) groups is 2. The summed E-state index contributed by atoms with van der Waals surface area (Å²) in [6, 6.07) is 22.8. The number of anilines is 2. The van der Waals surface area contributed by atoms with Crippen LogP contribution in [0.15, 0.2) is 72.8 Å². The molecule has 4 aromatic rings. The maximum Gasteiger partial charge on any atom is 0.265 e. The van der Waals surface area contributed by atoms with Crippen LogP contribution in [0.1, 0.15) is 27.7 Å². The van der Waals surface area contributed by atoms with Gasteiger partial charge in [0.2, 0.25) is 5.91 Å². The number of fused-ring (bicyclic) bond motifs is 1. The maximum atomic E-state index is 12.7. The van der Waals surface area contributed by atoms with E-state index in [-0.39, 0.29) is 11.8 Å². The van der Waals surface area contributed by atoms with Crippen LogP contribution in [-0.2, 0) is 17.9 Å². The molecule has 0 aliphatic heterocycles. The maximum absolute atomic E-state index is 12.7. The third-order valence-corrected chi connectivity index (χ3v) is 6.47. The standard InChI is InChI=1S/C26H25N3O3S/c1-17(30)29(15-18-8-11-21(32-2)12-9-18)16-19-7-10-20-14-25(33-24(20)13-19)26(31)28-23-6-4-3-5-22(23)27/h3-14H,15-16,27H2,1-2H3,(H,28,31). The van der Waals surface area contributed by atoms with Crippen molar-refractivity contribution >= 4 is 44.6 Å². The minimum Gasteiger partial charge on any atom is -0.497 e. The lowest BCUT2D eigenvalue weighted by molar-refractivity contribution is -0.130. The summed E-state index contributed by atoms with van der Waals surface area (Å²) in [6.07, 6.45) is 0. The highest BCUT2D eigenvalue weighted by Crippen LogP contribution is 2.29. The van der Waals surface area contributed by atoms with Crippen molar-refractivity contribution in [1.29, 1.82) is 0 Å². The third kappa shape index (κ3) is 5.32. The molecule has 33 heavy (non-hydrogen) atoms. The predicted molar refractivity (Wildman–Crippen MR) is 134 cm³/mol. The van der Waals surface area contributed by atoms with E-state index in [0.29, 0.717) is 29.3 Å². The summed E-state index contributed by atoms with van der Waals surface area (Å²) >= 11 is 1.42.